The van der Waals surface area contributed by atoms with Crippen LogP contribution in [0.4, 0.5) is 0 Å². The number of carbonyl (C=O) groups excluding carboxylic acids is 2. The zero-order valence-corrected chi connectivity index (χ0v) is 15.7. The summed E-state index contributed by atoms with van der Waals surface area (Å²) in [6.45, 7) is 4.09. The van der Waals surface area contributed by atoms with E-state index in [4.69, 9.17) is 5.73 Å². The van der Waals surface area contributed by atoms with Gasteiger partial charge >= 0.3 is 0 Å². The highest BCUT2D eigenvalue weighted by atomic mass is 16.2. The molecule has 3 rings (SSSR count). The zero-order valence-electron chi connectivity index (χ0n) is 15.7. The number of nitrogens with two attached hydrogens (primary N) is 1. The average molecular weight is 358 g/mol. The summed E-state index contributed by atoms with van der Waals surface area (Å²) in [5.74, 6) is -0.448. The van der Waals surface area contributed by atoms with Gasteiger partial charge in [-0.25, -0.2) is 0 Å². The molecule has 142 valence electrons. The minimum absolute atomic E-state index is 0.0670. The Hall–Kier alpha value is -1.92. The van der Waals surface area contributed by atoms with Crippen LogP contribution in [0.5, 0.6) is 0 Å². The van der Waals surface area contributed by atoms with Crippen molar-refractivity contribution in [3.05, 3.63) is 35.9 Å². The van der Waals surface area contributed by atoms with Crippen molar-refractivity contribution in [3.63, 3.8) is 0 Å². The first-order valence-electron chi connectivity index (χ1n) is 9.56. The number of rotatable bonds is 5. The number of likely N-dealkylation sites (tertiary alicyclic amines) is 2. The molecule has 2 heterocycles. The van der Waals surface area contributed by atoms with Crippen molar-refractivity contribution in [2.24, 2.45) is 11.7 Å². The molecule has 0 bridgehead atoms. The van der Waals surface area contributed by atoms with Crippen LogP contribution >= 0.6 is 0 Å². The van der Waals surface area contributed by atoms with Crippen LogP contribution in [-0.2, 0) is 9.59 Å². The van der Waals surface area contributed by atoms with E-state index in [9.17, 15) is 9.59 Å². The van der Waals surface area contributed by atoms with Crippen LogP contribution in [0.25, 0.3) is 0 Å². The Morgan fingerprint density at radius 2 is 1.92 bits per heavy atom. The van der Waals surface area contributed by atoms with E-state index in [2.05, 4.69) is 41.5 Å². The Balaban J connectivity index is 1.64. The summed E-state index contributed by atoms with van der Waals surface area (Å²) in [6, 6.07) is 10.7. The van der Waals surface area contributed by atoms with E-state index in [0.717, 1.165) is 25.8 Å². The highest BCUT2D eigenvalue weighted by Crippen LogP contribution is 2.31. The fraction of sp³-hybridized carbons (Fsp3) is 0.600. The van der Waals surface area contributed by atoms with Gasteiger partial charge in [0.1, 0.15) is 0 Å². The lowest BCUT2D eigenvalue weighted by atomic mass is 9.96. The molecule has 2 amide bonds. The van der Waals surface area contributed by atoms with Gasteiger partial charge in [-0.05, 0) is 38.8 Å². The fourth-order valence-corrected chi connectivity index (χ4v) is 4.33. The minimum Gasteiger partial charge on any atom is -0.369 e. The van der Waals surface area contributed by atoms with Crippen molar-refractivity contribution in [1.82, 2.24) is 15.1 Å². The molecule has 0 spiro atoms. The Kier molecular flexibility index (Phi) is 5.94. The van der Waals surface area contributed by atoms with Gasteiger partial charge in [0, 0.05) is 31.7 Å². The Morgan fingerprint density at radius 1 is 1.19 bits per heavy atom. The second kappa shape index (κ2) is 8.18. The molecule has 6 heteroatoms. The lowest BCUT2D eigenvalue weighted by Crippen LogP contribution is -2.53. The molecule has 2 aliphatic heterocycles. The molecule has 1 aromatic carbocycles. The van der Waals surface area contributed by atoms with Crippen molar-refractivity contribution in [3.8, 4) is 0 Å². The standard InChI is InChI=1S/C20H30N4O2/c1-14(20(26)24-11-6-9-16(13-24)19(21)25)22-17-10-12-23(2)18(17)15-7-4-3-5-8-15/h3-5,7-8,14,16-18,22H,6,9-13H2,1-2H3,(H2,21,25). The molecule has 0 radical (unpaired) electrons. The lowest BCUT2D eigenvalue weighted by Gasteiger charge is -2.35. The third-order valence-electron chi connectivity index (χ3n) is 5.76. The van der Waals surface area contributed by atoms with Crippen LogP contribution in [-0.4, -0.2) is 60.4 Å². The van der Waals surface area contributed by atoms with Crippen molar-refractivity contribution >= 4 is 11.8 Å². The molecular weight excluding hydrogens is 328 g/mol. The topological polar surface area (TPSA) is 78.7 Å². The maximum Gasteiger partial charge on any atom is 0.239 e. The van der Waals surface area contributed by atoms with Gasteiger partial charge in [0.25, 0.3) is 0 Å². The summed E-state index contributed by atoms with van der Waals surface area (Å²) in [5.41, 5.74) is 6.71. The molecule has 0 aliphatic carbocycles. The molecule has 2 fully saturated rings. The predicted molar refractivity (Wildman–Crippen MR) is 101 cm³/mol. The molecule has 26 heavy (non-hydrogen) atoms. The van der Waals surface area contributed by atoms with Crippen LogP contribution in [0.15, 0.2) is 30.3 Å². The Labute approximate surface area is 155 Å². The highest BCUT2D eigenvalue weighted by molar-refractivity contribution is 5.83. The number of likely N-dealkylation sites (N-methyl/N-ethyl adjacent to an activating group) is 1. The van der Waals surface area contributed by atoms with Gasteiger partial charge in [0.05, 0.1) is 12.0 Å². The maximum absolute atomic E-state index is 12.9. The minimum atomic E-state index is -0.301. The maximum atomic E-state index is 12.9. The molecule has 4 unspecified atom stereocenters. The van der Waals surface area contributed by atoms with Crippen LogP contribution in [0.2, 0.25) is 0 Å². The van der Waals surface area contributed by atoms with E-state index < -0.39 is 0 Å². The van der Waals surface area contributed by atoms with Gasteiger partial charge in [-0.1, -0.05) is 30.3 Å². The second-order valence-electron chi connectivity index (χ2n) is 7.65. The number of piperidine rings is 1. The summed E-state index contributed by atoms with van der Waals surface area (Å²) >= 11 is 0. The normalized spacial score (nSPS) is 28.1. The second-order valence-corrected chi connectivity index (χ2v) is 7.65. The number of nitrogens with one attached hydrogen (secondary N) is 1. The van der Waals surface area contributed by atoms with E-state index in [1.807, 2.05) is 13.0 Å². The van der Waals surface area contributed by atoms with Crippen molar-refractivity contribution < 1.29 is 9.59 Å². The monoisotopic (exact) mass is 358 g/mol. The summed E-state index contributed by atoms with van der Waals surface area (Å²) in [6.07, 6.45) is 2.63. The van der Waals surface area contributed by atoms with Gasteiger partial charge in [0.15, 0.2) is 0 Å². The van der Waals surface area contributed by atoms with Crippen LogP contribution in [0.3, 0.4) is 0 Å². The molecular formula is C20H30N4O2. The summed E-state index contributed by atoms with van der Waals surface area (Å²) in [5, 5.41) is 3.55. The number of hydrogen-bond donors (Lipinski definition) is 2. The van der Waals surface area contributed by atoms with Crippen LogP contribution in [0, 0.1) is 5.92 Å². The molecule has 6 nitrogen and oxygen atoms in total. The van der Waals surface area contributed by atoms with Gasteiger partial charge < -0.3 is 16.0 Å². The molecule has 1 aromatic rings. The van der Waals surface area contributed by atoms with Crippen molar-refractivity contribution in [2.75, 3.05) is 26.7 Å². The quantitative estimate of drug-likeness (QED) is 0.827. The number of nitrogens with zero attached hydrogens (tertiary/aromatic N) is 2. The summed E-state index contributed by atoms with van der Waals surface area (Å²) in [7, 11) is 2.13. The van der Waals surface area contributed by atoms with Crippen molar-refractivity contribution in [1.29, 1.82) is 0 Å². The first-order valence-corrected chi connectivity index (χ1v) is 9.56. The fourth-order valence-electron chi connectivity index (χ4n) is 4.33. The summed E-state index contributed by atoms with van der Waals surface area (Å²) < 4.78 is 0. The number of carbonyl (C=O) groups is 2. The SMILES string of the molecule is CC(NC1CCN(C)C1c1ccccc1)C(=O)N1CCCC(C(N)=O)C1. The molecule has 4 atom stereocenters. The van der Waals surface area contributed by atoms with Gasteiger partial charge in [-0.15, -0.1) is 0 Å². The van der Waals surface area contributed by atoms with Gasteiger partial charge in [0.2, 0.25) is 11.8 Å². The molecule has 0 saturated carbocycles. The predicted octanol–water partition coefficient (Wildman–Crippen LogP) is 1.13. The molecule has 0 aromatic heterocycles. The summed E-state index contributed by atoms with van der Waals surface area (Å²) in [4.78, 5) is 28.5. The van der Waals surface area contributed by atoms with E-state index in [1.54, 1.807) is 4.90 Å². The lowest BCUT2D eigenvalue weighted by molar-refractivity contribution is -0.136. The average Bonchev–Trinajstić information content (AvgIpc) is 3.02. The van der Waals surface area contributed by atoms with Gasteiger partial charge in [-0.2, -0.15) is 0 Å². The van der Waals surface area contributed by atoms with Crippen LogP contribution in [0.1, 0.15) is 37.8 Å². The number of amides is 2. The number of benzene rings is 1. The number of hydrogen-bond acceptors (Lipinski definition) is 4. The largest absolute Gasteiger partial charge is 0.369 e. The van der Waals surface area contributed by atoms with E-state index in [1.165, 1.54) is 5.56 Å². The van der Waals surface area contributed by atoms with E-state index in [-0.39, 0.29) is 35.9 Å². The molecule has 3 N–H and O–H groups in total. The Bertz CT molecular complexity index is 636. The van der Waals surface area contributed by atoms with Gasteiger partial charge in [-0.3, -0.25) is 14.5 Å². The van der Waals surface area contributed by atoms with E-state index >= 15 is 0 Å². The first kappa shape index (κ1) is 18.9. The third-order valence-corrected chi connectivity index (χ3v) is 5.76. The zero-order chi connectivity index (χ0) is 18.7. The van der Waals surface area contributed by atoms with E-state index in [0.29, 0.717) is 13.1 Å². The van der Waals surface area contributed by atoms with Crippen molar-refractivity contribution in [2.45, 2.75) is 44.3 Å². The smallest absolute Gasteiger partial charge is 0.239 e. The highest BCUT2D eigenvalue weighted by Gasteiger charge is 2.36. The van der Waals surface area contributed by atoms with Crippen LogP contribution < -0.4 is 11.1 Å². The third kappa shape index (κ3) is 4.07. The Morgan fingerprint density at radius 3 is 2.62 bits per heavy atom. The first-order chi connectivity index (χ1) is 12.5. The molecule has 2 saturated heterocycles. The molecule has 2 aliphatic rings. The number of primary amides is 1.